The fourth-order valence-corrected chi connectivity index (χ4v) is 3.70. The average Bonchev–Trinajstić information content (AvgIpc) is 2.99. The van der Waals surface area contributed by atoms with E-state index in [2.05, 4.69) is 12.6 Å². The number of fused-ring (bicyclic) bond motifs is 1. The van der Waals surface area contributed by atoms with Crippen molar-refractivity contribution in [3.05, 3.63) is 84.4 Å². The van der Waals surface area contributed by atoms with Gasteiger partial charge in [0.15, 0.2) is 5.54 Å². The minimum Gasteiger partial charge on any atom is -0.497 e. The molecule has 4 heteroatoms. The van der Waals surface area contributed by atoms with Crippen LogP contribution in [0.5, 0.6) is 5.75 Å². The van der Waals surface area contributed by atoms with Crippen LogP contribution in [-0.4, -0.2) is 13.0 Å². The number of methoxy groups -OCH3 is 1. The van der Waals surface area contributed by atoms with Crippen LogP contribution in [-0.2, 0) is 10.3 Å². The summed E-state index contributed by atoms with van der Waals surface area (Å²) in [5, 5.41) is 12.3. The first-order chi connectivity index (χ1) is 13.1. The number of nitriles is 1. The van der Waals surface area contributed by atoms with Gasteiger partial charge in [0.25, 0.3) is 5.91 Å². The van der Waals surface area contributed by atoms with Gasteiger partial charge < -0.3 is 4.74 Å². The van der Waals surface area contributed by atoms with Crippen molar-refractivity contribution in [2.75, 3.05) is 12.0 Å². The Hall–Kier alpha value is -3.58. The summed E-state index contributed by atoms with van der Waals surface area (Å²) >= 11 is 0. The Morgan fingerprint density at radius 2 is 1.78 bits per heavy atom. The molecule has 1 amide bonds. The van der Waals surface area contributed by atoms with E-state index in [4.69, 9.17) is 4.74 Å². The van der Waals surface area contributed by atoms with Gasteiger partial charge in [0.1, 0.15) is 5.75 Å². The van der Waals surface area contributed by atoms with E-state index >= 15 is 0 Å². The maximum Gasteiger partial charge on any atom is 0.255 e. The molecule has 1 unspecified atom stereocenters. The van der Waals surface area contributed by atoms with Crippen LogP contribution in [0.3, 0.4) is 0 Å². The summed E-state index contributed by atoms with van der Waals surface area (Å²) in [6.45, 7) is 3.91. The molecule has 1 heterocycles. The Balaban J connectivity index is 1.90. The summed E-state index contributed by atoms with van der Waals surface area (Å²) in [7, 11) is 1.59. The highest BCUT2D eigenvalue weighted by Crippen LogP contribution is 2.45. The van der Waals surface area contributed by atoms with Crippen molar-refractivity contribution in [2.45, 2.75) is 12.0 Å². The van der Waals surface area contributed by atoms with Gasteiger partial charge in [-0.1, -0.05) is 43.0 Å². The van der Waals surface area contributed by atoms with Crippen LogP contribution in [0.1, 0.15) is 12.0 Å². The maximum absolute atomic E-state index is 12.9. The number of ether oxygens (including phenoxy) is 1. The fraction of sp³-hybridized carbons (Fsp3) is 0.130. The zero-order valence-corrected chi connectivity index (χ0v) is 15.0. The van der Waals surface area contributed by atoms with Crippen molar-refractivity contribution in [2.24, 2.45) is 0 Å². The highest BCUT2D eigenvalue weighted by Gasteiger charge is 2.50. The van der Waals surface area contributed by atoms with Crippen molar-refractivity contribution in [3.8, 4) is 11.8 Å². The summed E-state index contributed by atoms with van der Waals surface area (Å²) < 4.78 is 5.20. The van der Waals surface area contributed by atoms with Crippen LogP contribution in [0.25, 0.3) is 10.8 Å². The van der Waals surface area contributed by atoms with Crippen LogP contribution in [0.15, 0.2) is 78.9 Å². The molecule has 0 aromatic heterocycles. The zero-order chi connectivity index (χ0) is 19.0. The molecule has 0 N–H and O–H groups in total. The minimum atomic E-state index is -1.12. The predicted octanol–water partition coefficient (Wildman–Crippen LogP) is 4.56. The molecular weight excluding hydrogens is 336 g/mol. The van der Waals surface area contributed by atoms with Crippen LogP contribution in [0.4, 0.5) is 5.69 Å². The van der Waals surface area contributed by atoms with Crippen LogP contribution < -0.4 is 9.64 Å². The zero-order valence-electron chi connectivity index (χ0n) is 15.0. The maximum atomic E-state index is 12.9. The lowest BCUT2D eigenvalue weighted by atomic mass is 9.86. The molecule has 4 rings (SSSR count). The third-order valence-corrected chi connectivity index (χ3v) is 5.10. The number of anilines is 1. The third kappa shape index (κ3) is 2.56. The Morgan fingerprint density at radius 3 is 2.44 bits per heavy atom. The Labute approximate surface area is 157 Å². The van der Waals surface area contributed by atoms with Crippen LogP contribution in [0.2, 0.25) is 0 Å². The molecule has 1 aliphatic rings. The third-order valence-electron chi connectivity index (χ3n) is 5.10. The Morgan fingerprint density at radius 1 is 1.07 bits per heavy atom. The second-order valence-electron chi connectivity index (χ2n) is 6.65. The second-order valence-corrected chi connectivity index (χ2v) is 6.65. The fourth-order valence-electron chi connectivity index (χ4n) is 3.70. The van der Waals surface area contributed by atoms with Gasteiger partial charge in [0.05, 0.1) is 13.2 Å². The highest BCUT2D eigenvalue weighted by atomic mass is 16.5. The summed E-state index contributed by atoms with van der Waals surface area (Å²) in [6.07, 6.45) is 0.271. The van der Waals surface area contributed by atoms with Gasteiger partial charge in [0.2, 0.25) is 0 Å². The summed E-state index contributed by atoms with van der Waals surface area (Å²) in [5.74, 6) is 0.465. The van der Waals surface area contributed by atoms with Gasteiger partial charge in [-0.25, -0.2) is 0 Å². The molecule has 0 saturated carbocycles. The molecule has 4 nitrogen and oxygen atoms in total. The smallest absolute Gasteiger partial charge is 0.255 e. The number of carbonyl (C=O) groups is 1. The van der Waals surface area contributed by atoms with E-state index in [1.54, 1.807) is 36.3 Å². The standard InChI is InChI=1S/C23H18N2O2/c1-16-14-23(15-24,19-8-7-17-5-3-4-6-18(17)13-19)25(22(16)26)20-9-11-21(27-2)12-10-20/h3-13H,1,14H2,2H3. The first-order valence-corrected chi connectivity index (χ1v) is 8.66. The lowest BCUT2D eigenvalue weighted by molar-refractivity contribution is -0.114. The van der Waals surface area contributed by atoms with Crippen molar-refractivity contribution in [1.29, 1.82) is 5.26 Å². The quantitative estimate of drug-likeness (QED) is 0.648. The predicted molar refractivity (Wildman–Crippen MR) is 105 cm³/mol. The molecule has 0 aliphatic carbocycles. The van der Waals surface area contributed by atoms with Crippen molar-refractivity contribution >= 4 is 22.4 Å². The number of nitrogens with zero attached hydrogens (tertiary/aromatic N) is 2. The van der Waals surface area contributed by atoms with Gasteiger partial charge in [0, 0.05) is 17.7 Å². The number of carbonyl (C=O) groups excluding carboxylic acids is 1. The molecular formula is C23H18N2O2. The van der Waals surface area contributed by atoms with E-state index in [0.29, 0.717) is 17.0 Å². The van der Waals surface area contributed by atoms with E-state index < -0.39 is 5.54 Å². The van der Waals surface area contributed by atoms with Crippen LogP contribution in [0, 0.1) is 11.3 Å². The van der Waals surface area contributed by atoms with Gasteiger partial charge in [-0.3, -0.25) is 9.69 Å². The Kier molecular flexibility index (Phi) is 3.93. The molecule has 0 radical (unpaired) electrons. The normalized spacial score (nSPS) is 19.3. The second kappa shape index (κ2) is 6.30. The van der Waals surface area contributed by atoms with E-state index in [-0.39, 0.29) is 12.3 Å². The number of hydrogen-bond donors (Lipinski definition) is 0. The first kappa shape index (κ1) is 16.9. The molecule has 132 valence electrons. The molecule has 27 heavy (non-hydrogen) atoms. The van der Waals surface area contributed by atoms with E-state index in [0.717, 1.165) is 16.3 Å². The van der Waals surface area contributed by atoms with E-state index in [1.165, 1.54) is 0 Å². The number of amides is 1. The molecule has 1 saturated heterocycles. The SMILES string of the molecule is C=C1CC(C#N)(c2ccc3ccccc3c2)N(c2ccc(OC)cc2)C1=O. The Bertz CT molecular complexity index is 1100. The minimum absolute atomic E-state index is 0.227. The van der Waals surface area contributed by atoms with E-state index in [1.807, 2.05) is 42.5 Å². The monoisotopic (exact) mass is 354 g/mol. The molecule has 3 aromatic carbocycles. The summed E-state index contributed by atoms with van der Waals surface area (Å²) in [6, 6.07) is 23.4. The lowest BCUT2D eigenvalue weighted by Crippen LogP contribution is -2.42. The van der Waals surface area contributed by atoms with Gasteiger partial charge in [-0.05, 0) is 46.7 Å². The molecule has 3 aromatic rings. The lowest BCUT2D eigenvalue weighted by Gasteiger charge is -2.33. The van der Waals surface area contributed by atoms with E-state index in [9.17, 15) is 10.1 Å². The van der Waals surface area contributed by atoms with Crippen molar-refractivity contribution < 1.29 is 9.53 Å². The summed E-state index contributed by atoms with van der Waals surface area (Å²) in [4.78, 5) is 14.5. The van der Waals surface area contributed by atoms with Crippen molar-refractivity contribution in [1.82, 2.24) is 0 Å². The molecule has 0 spiro atoms. The van der Waals surface area contributed by atoms with Gasteiger partial charge >= 0.3 is 0 Å². The van der Waals surface area contributed by atoms with Gasteiger partial charge in [-0.2, -0.15) is 5.26 Å². The van der Waals surface area contributed by atoms with Crippen LogP contribution >= 0.6 is 0 Å². The molecule has 1 fully saturated rings. The average molecular weight is 354 g/mol. The topological polar surface area (TPSA) is 53.3 Å². The number of hydrogen-bond acceptors (Lipinski definition) is 3. The summed E-state index contributed by atoms with van der Waals surface area (Å²) in [5.41, 5.74) is 0.744. The first-order valence-electron chi connectivity index (χ1n) is 8.66. The van der Waals surface area contributed by atoms with Gasteiger partial charge in [-0.15, -0.1) is 0 Å². The highest BCUT2D eigenvalue weighted by molar-refractivity contribution is 6.10. The number of benzene rings is 3. The molecule has 0 bridgehead atoms. The molecule has 1 aliphatic heterocycles. The molecule has 1 atom stereocenters. The van der Waals surface area contributed by atoms with Crippen molar-refractivity contribution in [3.63, 3.8) is 0 Å². The largest absolute Gasteiger partial charge is 0.497 e. The number of rotatable bonds is 3.